The summed E-state index contributed by atoms with van der Waals surface area (Å²) >= 11 is 0. The Hall–Kier alpha value is -1.81. The van der Waals surface area contributed by atoms with Gasteiger partial charge >= 0.3 is 0 Å². The molecule has 0 aliphatic heterocycles. The SMILES string of the molecule is CN(NONC1CCCCC1)c1nc(S(C)(=O)=O)nc2ccccc12. The normalized spacial score (nSPS) is 16.2. The molecule has 0 spiro atoms. The van der Waals surface area contributed by atoms with Crippen LogP contribution in [0.3, 0.4) is 0 Å². The van der Waals surface area contributed by atoms with Crippen molar-refractivity contribution in [3.05, 3.63) is 24.3 Å². The summed E-state index contributed by atoms with van der Waals surface area (Å²) in [5.74, 6) is 0.427. The minimum atomic E-state index is -3.52. The van der Waals surface area contributed by atoms with Crippen LogP contribution in [0.15, 0.2) is 29.4 Å². The molecule has 1 aromatic carbocycles. The van der Waals surface area contributed by atoms with Gasteiger partial charge in [0.05, 0.1) is 5.52 Å². The van der Waals surface area contributed by atoms with Crippen LogP contribution in [0.2, 0.25) is 0 Å². The fourth-order valence-electron chi connectivity index (χ4n) is 2.90. The maximum absolute atomic E-state index is 11.9. The van der Waals surface area contributed by atoms with Gasteiger partial charge in [0, 0.05) is 24.7 Å². The molecule has 0 unspecified atom stereocenters. The maximum atomic E-state index is 11.9. The number of para-hydroxylation sites is 1. The molecule has 1 heterocycles. The van der Waals surface area contributed by atoms with Gasteiger partial charge in [0.1, 0.15) is 0 Å². The van der Waals surface area contributed by atoms with E-state index in [-0.39, 0.29) is 5.16 Å². The zero-order chi connectivity index (χ0) is 17.9. The minimum absolute atomic E-state index is 0.213. The van der Waals surface area contributed by atoms with Gasteiger partial charge in [-0.2, -0.15) is 15.4 Å². The van der Waals surface area contributed by atoms with Crippen molar-refractivity contribution in [1.29, 1.82) is 0 Å². The lowest BCUT2D eigenvalue weighted by Crippen LogP contribution is -2.43. The lowest BCUT2D eigenvalue weighted by molar-refractivity contribution is -0.0651. The van der Waals surface area contributed by atoms with Crippen LogP contribution in [0.5, 0.6) is 0 Å². The predicted octanol–water partition coefficient (Wildman–Crippen LogP) is 1.74. The largest absolute Gasteiger partial charge is 0.270 e. The molecule has 1 aromatic heterocycles. The molecule has 0 bridgehead atoms. The van der Waals surface area contributed by atoms with Gasteiger partial charge in [-0.3, -0.25) is 5.01 Å². The van der Waals surface area contributed by atoms with Crippen molar-refractivity contribution in [3.63, 3.8) is 0 Å². The highest BCUT2D eigenvalue weighted by Gasteiger charge is 2.18. The van der Waals surface area contributed by atoms with Crippen molar-refractivity contribution in [1.82, 2.24) is 21.0 Å². The van der Waals surface area contributed by atoms with E-state index in [0.717, 1.165) is 24.5 Å². The number of aromatic nitrogens is 2. The molecule has 0 atom stereocenters. The Bertz CT molecular complexity index is 837. The monoisotopic (exact) mass is 365 g/mol. The molecule has 2 aromatic rings. The van der Waals surface area contributed by atoms with E-state index in [0.29, 0.717) is 17.4 Å². The highest BCUT2D eigenvalue weighted by atomic mass is 32.2. The molecular formula is C16H23N5O3S. The summed E-state index contributed by atoms with van der Waals surface area (Å²) in [7, 11) is -1.81. The Morgan fingerprint density at radius 1 is 1.16 bits per heavy atom. The van der Waals surface area contributed by atoms with Crippen LogP contribution < -0.4 is 16.1 Å². The van der Waals surface area contributed by atoms with Gasteiger partial charge in [-0.1, -0.05) is 37.0 Å². The average Bonchev–Trinajstić information content (AvgIpc) is 2.61. The van der Waals surface area contributed by atoms with Crippen molar-refractivity contribution in [3.8, 4) is 0 Å². The molecule has 1 aliphatic rings. The van der Waals surface area contributed by atoms with Crippen LogP contribution in [0.4, 0.5) is 5.82 Å². The molecule has 2 N–H and O–H groups in total. The minimum Gasteiger partial charge on any atom is -0.270 e. The van der Waals surface area contributed by atoms with E-state index in [1.54, 1.807) is 19.2 Å². The Morgan fingerprint density at radius 2 is 1.88 bits per heavy atom. The van der Waals surface area contributed by atoms with Crippen molar-refractivity contribution in [2.24, 2.45) is 0 Å². The molecular weight excluding hydrogens is 342 g/mol. The number of hydroxylamine groups is 1. The second-order valence-corrected chi connectivity index (χ2v) is 8.23. The molecule has 0 amide bonds. The Labute approximate surface area is 147 Å². The molecule has 1 saturated carbocycles. The predicted molar refractivity (Wildman–Crippen MR) is 95.3 cm³/mol. The number of benzene rings is 1. The van der Waals surface area contributed by atoms with Crippen molar-refractivity contribution in [2.45, 2.75) is 43.3 Å². The van der Waals surface area contributed by atoms with Crippen LogP contribution in [0.1, 0.15) is 32.1 Å². The Morgan fingerprint density at radius 3 is 2.60 bits per heavy atom. The van der Waals surface area contributed by atoms with E-state index in [4.69, 9.17) is 4.94 Å². The van der Waals surface area contributed by atoms with E-state index in [2.05, 4.69) is 21.0 Å². The van der Waals surface area contributed by atoms with Crippen LogP contribution in [0, 0.1) is 0 Å². The summed E-state index contributed by atoms with van der Waals surface area (Å²) in [5.41, 5.74) is 6.31. The highest BCUT2D eigenvalue weighted by molar-refractivity contribution is 7.90. The van der Waals surface area contributed by atoms with Crippen LogP contribution >= 0.6 is 0 Å². The van der Waals surface area contributed by atoms with Crippen molar-refractivity contribution in [2.75, 3.05) is 18.3 Å². The number of hydrogen-bond donors (Lipinski definition) is 2. The Kier molecular flexibility index (Phi) is 5.48. The number of nitrogens with one attached hydrogen (secondary N) is 2. The number of hydrazine groups is 1. The fraction of sp³-hybridized carbons (Fsp3) is 0.500. The first-order valence-corrected chi connectivity index (χ1v) is 10.2. The molecule has 9 heteroatoms. The first kappa shape index (κ1) is 18.0. The third-order valence-corrected chi connectivity index (χ3v) is 5.07. The lowest BCUT2D eigenvalue weighted by atomic mass is 9.96. The lowest BCUT2D eigenvalue weighted by Gasteiger charge is -2.25. The topological polar surface area (TPSA) is 96.5 Å². The number of rotatable bonds is 6. The second kappa shape index (κ2) is 7.61. The molecule has 0 radical (unpaired) electrons. The summed E-state index contributed by atoms with van der Waals surface area (Å²) < 4.78 is 23.7. The summed E-state index contributed by atoms with van der Waals surface area (Å²) in [6.45, 7) is 0. The number of nitrogens with zero attached hydrogens (tertiary/aromatic N) is 3. The number of fused-ring (bicyclic) bond motifs is 1. The average molecular weight is 365 g/mol. The van der Waals surface area contributed by atoms with E-state index >= 15 is 0 Å². The summed E-state index contributed by atoms with van der Waals surface area (Å²) in [5, 5.41) is 2.05. The van der Waals surface area contributed by atoms with Crippen molar-refractivity contribution >= 4 is 26.6 Å². The molecule has 25 heavy (non-hydrogen) atoms. The molecule has 1 fully saturated rings. The zero-order valence-electron chi connectivity index (χ0n) is 14.4. The van der Waals surface area contributed by atoms with Crippen LogP contribution in [0.25, 0.3) is 10.9 Å². The standard InChI is InChI=1S/C16H23N5O3S/c1-21(20-24-19-12-8-4-3-5-9-12)15-13-10-6-7-11-14(13)17-16(18-15)25(2,22)23/h6-7,10-12,19-20H,3-5,8-9H2,1-2H3. The van der Waals surface area contributed by atoms with Gasteiger partial charge < -0.3 is 0 Å². The van der Waals surface area contributed by atoms with Gasteiger partial charge in [-0.15, -0.1) is 0 Å². The van der Waals surface area contributed by atoms with Crippen LogP contribution in [-0.4, -0.2) is 37.7 Å². The van der Waals surface area contributed by atoms with Crippen molar-refractivity contribution < 1.29 is 13.4 Å². The first-order chi connectivity index (χ1) is 11.9. The molecule has 0 saturated heterocycles. The number of hydrogen-bond acceptors (Lipinski definition) is 8. The number of sulfone groups is 1. The molecule has 8 nitrogen and oxygen atoms in total. The second-order valence-electron chi connectivity index (χ2n) is 6.32. The smallest absolute Gasteiger partial charge is 0.249 e. The zero-order valence-corrected chi connectivity index (χ0v) is 15.2. The summed E-state index contributed by atoms with van der Waals surface area (Å²) in [6.07, 6.45) is 6.93. The summed E-state index contributed by atoms with van der Waals surface area (Å²) in [4.78, 5) is 13.7. The first-order valence-electron chi connectivity index (χ1n) is 8.33. The van der Waals surface area contributed by atoms with E-state index in [9.17, 15) is 8.42 Å². The van der Waals surface area contributed by atoms with Gasteiger partial charge in [-0.25, -0.2) is 13.4 Å². The molecule has 1 aliphatic carbocycles. The van der Waals surface area contributed by atoms with Gasteiger partial charge in [0.2, 0.25) is 15.0 Å². The molecule has 136 valence electrons. The van der Waals surface area contributed by atoms with E-state index < -0.39 is 9.84 Å². The molecule has 3 rings (SSSR count). The fourth-order valence-corrected chi connectivity index (χ4v) is 3.42. The quantitative estimate of drug-likeness (QED) is 0.590. The van der Waals surface area contributed by atoms with Gasteiger partial charge in [-0.05, 0) is 25.0 Å². The maximum Gasteiger partial charge on any atom is 0.249 e. The summed E-state index contributed by atoms with van der Waals surface area (Å²) in [6, 6.07) is 7.57. The Balaban J connectivity index is 1.78. The van der Waals surface area contributed by atoms with Crippen LogP contribution in [-0.2, 0) is 14.8 Å². The van der Waals surface area contributed by atoms with E-state index in [1.807, 2.05) is 12.1 Å². The van der Waals surface area contributed by atoms with Gasteiger partial charge in [0.15, 0.2) is 5.82 Å². The van der Waals surface area contributed by atoms with Gasteiger partial charge in [0.25, 0.3) is 0 Å². The highest BCUT2D eigenvalue weighted by Crippen LogP contribution is 2.23. The number of anilines is 1. The third-order valence-electron chi connectivity index (χ3n) is 4.23. The van der Waals surface area contributed by atoms with E-state index in [1.165, 1.54) is 24.3 Å². The third kappa shape index (κ3) is 4.43.